The summed E-state index contributed by atoms with van der Waals surface area (Å²) in [6, 6.07) is 14.4. The topological polar surface area (TPSA) is 98.8 Å². The van der Waals surface area contributed by atoms with Crippen molar-refractivity contribution in [2.45, 2.75) is 13.0 Å². The Bertz CT molecular complexity index is 1040. The number of nitrogens with zero attached hydrogens (tertiary/aromatic N) is 2. The fourth-order valence-electron chi connectivity index (χ4n) is 3.68. The van der Waals surface area contributed by atoms with Crippen LogP contribution in [0.3, 0.4) is 0 Å². The number of hydrogen-bond acceptors (Lipinski definition) is 5. The Kier molecular flexibility index (Phi) is 5.63. The van der Waals surface area contributed by atoms with Crippen LogP contribution in [-0.4, -0.2) is 52.2 Å². The molecule has 0 bridgehead atoms. The van der Waals surface area contributed by atoms with Gasteiger partial charge in [0.2, 0.25) is 15.9 Å². The van der Waals surface area contributed by atoms with Crippen molar-refractivity contribution in [2.24, 2.45) is 0 Å². The lowest BCUT2D eigenvalue weighted by atomic mass is 10.1. The van der Waals surface area contributed by atoms with Crippen LogP contribution in [0.4, 0.5) is 11.4 Å². The number of nitrogens with one attached hydrogen (secondary N) is 2. The Morgan fingerprint density at radius 1 is 1.00 bits per heavy atom. The molecule has 2 fully saturated rings. The summed E-state index contributed by atoms with van der Waals surface area (Å²) in [4.78, 5) is 26.0. The van der Waals surface area contributed by atoms with E-state index in [-0.39, 0.29) is 17.6 Å². The summed E-state index contributed by atoms with van der Waals surface area (Å²) in [5.41, 5.74) is 3.00. The number of sulfonamides is 1. The van der Waals surface area contributed by atoms with Crippen LogP contribution in [-0.2, 0) is 21.4 Å². The molecule has 2 aliphatic rings. The van der Waals surface area contributed by atoms with Gasteiger partial charge in [0.1, 0.15) is 0 Å². The van der Waals surface area contributed by atoms with Crippen molar-refractivity contribution in [3.8, 4) is 0 Å². The first-order valence-electron chi connectivity index (χ1n) is 9.92. The Hall–Kier alpha value is -3.07. The third-order valence-corrected chi connectivity index (χ3v) is 7.18. The van der Waals surface area contributed by atoms with Gasteiger partial charge in [-0.15, -0.1) is 0 Å². The standard InChI is InChI=1S/C21H24N4O4S/c26-20-15-24(12-10-22-20)18-6-2-16(3-7-18)14-23-21(27)17-4-8-19(9-5-17)25-11-1-13-30(25,28)29/h2-9H,1,10-15H2,(H,22,26)(H,23,27). The van der Waals surface area contributed by atoms with Gasteiger partial charge in [-0.25, -0.2) is 8.42 Å². The average Bonchev–Trinajstić information content (AvgIpc) is 3.11. The minimum absolute atomic E-state index is 0.0194. The molecule has 158 valence electrons. The molecule has 2 aliphatic heterocycles. The number of rotatable bonds is 5. The van der Waals surface area contributed by atoms with Crippen LogP contribution in [0.1, 0.15) is 22.3 Å². The molecule has 0 unspecified atom stereocenters. The molecule has 0 saturated carbocycles. The zero-order valence-electron chi connectivity index (χ0n) is 16.5. The smallest absolute Gasteiger partial charge is 0.251 e. The number of carbonyl (C=O) groups excluding carboxylic acids is 2. The molecule has 2 amide bonds. The largest absolute Gasteiger partial charge is 0.360 e. The summed E-state index contributed by atoms with van der Waals surface area (Å²) < 4.78 is 25.4. The number of anilines is 2. The van der Waals surface area contributed by atoms with Crippen molar-refractivity contribution in [1.82, 2.24) is 10.6 Å². The quantitative estimate of drug-likeness (QED) is 0.743. The molecule has 0 aromatic heterocycles. The normalized spacial score (nSPS) is 18.2. The van der Waals surface area contributed by atoms with Crippen LogP contribution in [0.15, 0.2) is 48.5 Å². The molecule has 2 saturated heterocycles. The van der Waals surface area contributed by atoms with Gasteiger partial charge in [-0.05, 0) is 48.4 Å². The van der Waals surface area contributed by atoms with Crippen LogP contribution >= 0.6 is 0 Å². The molecular formula is C21H24N4O4S. The first kappa shape index (κ1) is 20.2. The molecular weight excluding hydrogens is 404 g/mol. The number of benzene rings is 2. The van der Waals surface area contributed by atoms with E-state index in [0.717, 1.165) is 17.8 Å². The second-order valence-corrected chi connectivity index (χ2v) is 9.42. The maximum Gasteiger partial charge on any atom is 0.251 e. The summed E-state index contributed by atoms with van der Waals surface area (Å²) in [7, 11) is -3.23. The molecule has 2 heterocycles. The van der Waals surface area contributed by atoms with E-state index in [1.165, 1.54) is 4.31 Å². The van der Waals surface area contributed by atoms with E-state index in [0.29, 0.717) is 43.9 Å². The van der Waals surface area contributed by atoms with Crippen molar-refractivity contribution in [3.05, 3.63) is 59.7 Å². The summed E-state index contributed by atoms with van der Waals surface area (Å²) >= 11 is 0. The summed E-state index contributed by atoms with van der Waals surface area (Å²) in [6.45, 7) is 2.62. The van der Waals surface area contributed by atoms with Gasteiger partial charge in [-0.1, -0.05) is 12.1 Å². The van der Waals surface area contributed by atoms with Gasteiger partial charge in [0, 0.05) is 37.4 Å². The van der Waals surface area contributed by atoms with Crippen LogP contribution in [0.25, 0.3) is 0 Å². The molecule has 9 heteroatoms. The highest BCUT2D eigenvalue weighted by molar-refractivity contribution is 7.93. The minimum Gasteiger partial charge on any atom is -0.360 e. The summed E-state index contributed by atoms with van der Waals surface area (Å²) in [6.07, 6.45) is 0.619. The molecule has 2 aromatic rings. The van der Waals surface area contributed by atoms with Crippen molar-refractivity contribution < 1.29 is 18.0 Å². The van der Waals surface area contributed by atoms with E-state index in [4.69, 9.17) is 0 Å². The van der Waals surface area contributed by atoms with E-state index in [1.807, 2.05) is 29.2 Å². The van der Waals surface area contributed by atoms with E-state index < -0.39 is 10.0 Å². The lowest BCUT2D eigenvalue weighted by Gasteiger charge is -2.28. The molecule has 2 aromatic carbocycles. The second-order valence-electron chi connectivity index (χ2n) is 7.41. The number of carbonyl (C=O) groups is 2. The summed E-state index contributed by atoms with van der Waals surface area (Å²) in [5.74, 6) is -0.0348. The molecule has 0 atom stereocenters. The van der Waals surface area contributed by atoms with Gasteiger partial charge in [0.05, 0.1) is 18.0 Å². The summed E-state index contributed by atoms with van der Waals surface area (Å²) in [5, 5.41) is 5.68. The first-order valence-corrected chi connectivity index (χ1v) is 11.5. The number of piperazine rings is 1. The highest BCUT2D eigenvalue weighted by atomic mass is 32.2. The maximum absolute atomic E-state index is 12.4. The predicted molar refractivity (Wildman–Crippen MR) is 115 cm³/mol. The Morgan fingerprint density at radius 2 is 1.70 bits per heavy atom. The highest BCUT2D eigenvalue weighted by Gasteiger charge is 2.28. The predicted octanol–water partition coefficient (Wildman–Crippen LogP) is 1.09. The SMILES string of the molecule is O=C1CN(c2ccc(CNC(=O)c3ccc(N4CCCS4(=O)=O)cc3)cc2)CCN1. The minimum atomic E-state index is -3.23. The van der Waals surface area contributed by atoms with Crippen LogP contribution in [0, 0.1) is 0 Å². The third-order valence-electron chi connectivity index (χ3n) is 5.31. The zero-order chi connectivity index (χ0) is 21.1. The number of amides is 2. The Morgan fingerprint density at radius 3 is 2.33 bits per heavy atom. The van der Waals surface area contributed by atoms with Crippen molar-refractivity contribution >= 4 is 33.2 Å². The molecule has 0 radical (unpaired) electrons. The third kappa shape index (κ3) is 4.40. The molecule has 2 N–H and O–H groups in total. The van der Waals surface area contributed by atoms with Crippen LogP contribution in [0.2, 0.25) is 0 Å². The molecule has 0 spiro atoms. The fourth-order valence-corrected chi connectivity index (χ4v) is 5.24. The second kappa shape index (κ2) is 8.35. The van der Waals surface area contributed by atoms with Gasteiger partial charge in [0.15, 0.2) is 0 Å². The maximum atomic E-state index is 12.4. The van der Waals surface area contributed by atoms with E-state index in [1.54, 1.807) is 24.3 Å². The van der Waals surface area contributed by atoms with Crippen LogP contribution in [0.5, 0.6) is 0 Å². The van der Waals surface area contributed by atoms with E-state index in [2.05, 4.69) is 10.6 Å². The Balaban J connectivity index is 1.34. The molecule has 8 nitrogen and oxygen atoms in total. The van der Waals surface area contributed by atoms with E-state index >= 15 is 0 Å². The molecule has 30 heavy (non-hydrogen) atoms. The van der Waals surface area contributed by atoms with Gasteiger partial charge in [-0.2, -0.15) is 0 Å². The van der Waals surface area contributed by atoms with Crippen molar-refractivity contribution in [2.75, 3.05) is 41.1 Å². The van der Waals surface area contributed by atoms with Gasteiger partial charge in [0.25, 0.3) is 5.91 Å². The van der Waals surface area contributed by atoms with Crippen molar-refractivity contribution in [3.63, 3.8) is 0 Å². The lowest BCUT2D eigenvalue weighted by Crippen LogP contribution is -2.47. The zero-order valence-corrected chi connectivity index (χ0v) is 17.3. The molecule has 0 aliphatic carbocycles. The van der Waals surface area contributed by atoms with Crippen molar-refractivity contribution in [1.29, 1.82) is 0 Å². The highest BCUT2D eigenvalue weighted by Crippen LogP contribution is 2.24. The molecule has 4 rings (SSSR count). The first-order chi connectivity index (χ1) is 14.4. The fraction of sp³-hybridized carbons (Fsp3) is 0.333. The average molecular weight is 429 g/mol. The van der Waals surface area contributed by atoms with Gasteiger partial charge >= 0.3 is 0 Å². The van der Waals surface area contributed by atoms with Gasteiger partial charge < -0.3 is 15.5 Å². The Labute approximate surface area is 175 Å². The van der Waals surface area contributed by atoms with E-state index in [9.17, 15) is 18.0 Å². The van der Waals surface area contributed by atoms with Gasteiger partial charge in [-0.3, -0.25) is 13.9 Å². The monoisotopic (exact) mass is 428 g/mol. The lowest BCUT2D eigenvalue weighted by molar-refractivity contribution is -0.120. The number of hydrogen-bond donors (Lipinski definition) is 2. The van der Waals surface area contributed by atoms with Crippen LogP contribution < -0.4 is 19.8 Å².